The molecule has 7 nitrogen and oxygen atoms in total. The minimum absolute atomic E-state index is 0.0639. The van der Waals surface area contributed by atoms with Crippen LogP contribution in [-0.2, 0) is 20.7 Å². The average Bonchev–Trinajstić information content (AvgIpc) is 3.18. The Hall–Kier alpha value is -3.35. The van der Waals surface area contributed by atoms with Crippen molar-refractivity contribution < 1.29 is 28.6 Å². The monoisotopic (exact) mass is 411 g/mol. The van der Waals surface area contributed by atoms with Crippen molar-refractivity contribution in [2.45, 2.75) is 19.8 Å². The van der Waals surface area contributed by atoms with E-state index in [9.17, 15) is 14.4 Å². The van der Waals surface area contributed by atoms with E-state index in [-0.39, 0.29) is 24.7 Å². The van der Waals surface area contributed by atoms with Gasteiger partial charge in [-0.05, 0) is 36.2 Å². The number of aryl methyl sites for hydroxylation is 1. The van der Waals surface area contributed by atoms with Crippen LogP contribution in [0.3, 0.4) is 0 Å². The van der Waals surface area contributed by atoms with Gasteiger partial charge in [0.1, 0.15) is 11.5 Å². The first-order chi connectivity index (χ1) is 14.5. The first-order valence-electron chi connectivity index (χ1n) is 9.78. The third-order valence-corrected chi connectivity index (χ3v) is 5.17. The molecule has 1 heterocycles. The number of amides is 1. The summed E-state index contributed by atoms with van der Waals surface area (Å²) < 4.78 is 15.5. The standard InChI is InChI=1S/C23H25NO6/c1-4-15-5-7-17(8-6-15)24-13-16(11-22(24)26)23(27)30-14-20(25)19-10-9-18(28-2)12-21(19)29-3/h5-10,12,16H,4,11,13-14H2,1-3H3. The molecule has 3 rings (SSSR count). The van der Waals surface area contributed by atoms with Crippen molar-refractivity contribution >= 4 is 23.3 Å². The van der Waals surface area contributed by atoms with Crippen LogP contribution < -0.4 is 14.4 Å². The number of nitrogens with zero attached hydrogens (tertiary/aromatic N) is 1. The number of carbonyl (C=O) groups excluding carboxylic acids is 3. The highest BCUT2D eigenvalue weighted by molar-refractivity contribution is 6.02. The second kappa shape index (κ2) is 9.43. The zero-order chi connectivity index (χ0) is 21.7. The van der Waals surface area contributed by atoms with Crippen molar-refractivity contribution in [1.29, 1.82) is 0 Å². The molecule has 0 radical (unpaired) electrons. The van der Waals surface area contributed by atoms with Crippen LogP contribution in [0.4, 0.5) is 5.69 Å². The van der Waals surface area contributed by atoms with E-state index >= 15 is 0 Å². The molecule has 0 bridgehead atoms. The van der Waals surface area contributed by atoms with E-state index in [4.69, 9.17) is 14.2 Å². The van der Waals surface area contributed by atoms with Gasteiger partial charge in [0.2, 0.25) is 11.7 Å². The molecule has 1 amide bonds. The smallest absolute Gasteiger partial charge is 0.311 e. The van der Waals surface area contributed by atoms with Gasteiger partial charge in [-0.3, -0.25) is 14.4 Å². The highest BCUT2D eigenvalue weighted by Gasteiger charge is 2.36. The topological polar surface area (TPSA) is 82.1 Å². The van der Waals surface area contributed by atoms with E-state index in [1.54, 1.807) is 23.1 Å². The number of methoxy groups -OCH3 is 2. The van der Waals surface area contributed by atoms with Crippen LogP contribution >= 0.6 is 0 Å². The van der Waals surface area contributed by atoms with Crippen molar-refractivity contribution in [2.24, 2.45) is 5.92 Å². The van der Waals surface area contributed by atoms with Crippen LogP contribution in [0.5, 0.6) is 11.5 Å². The zero-order valence-corrected chi connectivity index (χ0v) is 17.3. The van der Waals surface area contributed by atoms with Crippen LogP contribution in [0, 0.1) is 5.92 Å². The van der Waals surface area contributed by atoms with Gasteiger partial charge in [0.25, 0.3) is 0 Å². The van der Waals surface area contributed by atoms with Gasteiger partial charge in [0.15, 0.2) is 6.61 Å². The number of esters is 1. The summed E-state index contributed by atoms with van der Waals surface area (Å²) in [7, 11) is 2.96. The quantitative estimate of drug-likeness (QED) is 0.491. The lowest BCUT2D eigenvalue weighted by Crippen LogP contribution is -2.27. The molecule has 2 aromatic rings. The third-order valence-electron chi connectivity index (χ3n) is 5.17. The minimum Gasteiger partial charge on any atom is -0.497 e. The Kier molecular flexibility index (Phi) is 6.72. The van der Waals surface area contributed by atoms with Gasteiger partial charge < -0.3 is 19.1 Å². The van der Waals surface area contributed by atoms with Gasteiger partial charge in [0.05, 0.1) is 25.7 Å². The second-order valence-corrected chi connectivity index (χ2v) is 7.02. The number of ketones is 1. The predicted octanol–water partition coefficient (Wildman–Crippen LogP) is 3.05. The van der Waals surface area contributed by atoms with E-state index in [0.717, 1.165) is 12.1 Å². The molecule has 30 heavy (non-hydrogen) atoms. The fraction of sp³-hybridized carbons (Fsp3) is 0.348. The molecule has 2 aromatic carbocycles. The van der Waals surface area contributed by atoms with Gasteiger partial charge >= 0.3 is 5.97 Å². The molecule has 0 saturated carbocycles. The number of rotatable bonds is 8. The summed E-state index contributed by atoms with van der Waals surface area (Å²) in [4.78, 5) is 38.9. The largest absolute Gasteiger partial charge is 0.497 e. The van der Waals surface area contributed by atoms with E-state index < -0.39 is 18.5 Å². The maximum absolute atomic E-state index is 12.5. The number of hydrogen-bond acceptors (Lipinski definition) is 6. The van der Waals surface area contributed by atoms with Crippen molar-refractivity contribution in [3.63, 3.8) is 0 Å². The van der Waals surface area contributed by atoms with Gasteiger partial charge in [0, 0.05) is 24.7 Å². The minimum atomic E-state index is -0.603. The van der Waals surface area contributed by atoms with Crippen molar-refractivity contribution in [3.05, 3.63) is 53.6 Å². The Labute approximate surface area is 175 Å². The molecule has 0 aromatic heterocycles. The lowest BCUT2D eigenvalue weighted by Gasteiger charge is -2.17. The van der Waals surface area contributed by atoms with Gasteiger partial charge in [-0.15, -0.1) is 0 Å². The molecule has 1 atom stereocenters. The summed E-state index contributed by atoms with van der Waals surface area (Å²) in [5.41, 5.74) is 2.23. The molecule has 158 valence electrons. The Morgan fingerprint density at radius 3 is 2.43 bits per heavy atom. The average molecular weight is 411 g/mol. The summed E-state index contributed by atoms with van der Waals surface area (Å²) in [6.45, 7) is 1.88. The van der Waals surface area contributed by atoms with E-state index in [1.807, 2.05) is 24.3 Å². The summed E-state index contributed by atoms with van der Waals surface area (Å²) >= 11 is 0. The van der Waals surface area contributed by atoms with Crippen molar-refractivity contribution in [1.82, 2.24) is 0 Å². The van der Waals surface area contributed by atoms with E-state index in [1.165, 1.54) is 19.8 Å². The summed E-state index contributed by atoms with van der Waals surface area (Å²) in [5, 5.41) is 0. The molecule has 7 heteroatoms. The molecule has 0 aliphatic carbocycles. The molecular weight excluding hydrogens is 386 g/mol. The highest BCUT2D eigenvalue weighted by Crippen LogP contribution is 2.27. The Morgan fingerprint density at radius 1 is 1.07 bits per heavy atom. The zero-order valence-electron chi connectivity index (χ0n) is 17.3. The van der Waals surface area contributed by atoms with Gasteiger partial charge in [-0.2, -0.15) is 0 Å². The second-order valence-electron chi connectivity index (χ2n) is 7.02. The van der Waals surface area contributed by atoms with Crippen LogP contribution in [-0.4, -0.2) is 45.0 Å². The van der Waals surface area contributed by atoms with Gasteiger partial charge in [-0.25, -0.2) is 0 Å². The number of hydrogen-bond donors (Lipinski definition) is 0. The summed E-state index contributed by atoms with van der Waals surface area (Å²) in [6, 6.07) is 12.5. The molecule has 0 N–H and O–H groups in total. The first kappa shape index (κ1) is 21.4. The number of Topliss-reactive ketones (excluding diaryl/α,β-unsaturated/α-hetero) is 1. The molecule has 1 aliphatic heterocycles. The van der Waals surface area contributed by atoms with E-state index in [0.29, 0.717) is 17.1 Å². The molecular formula is C23H25NO6. The van der Waals surface area contributed by atoms with Crippen LogP contribution in [0.2, 0.25) is 0 Å². The van der Waals surface area contributed by atoms with Gasteiger partial charge in [-0.1, -0.05) is 19.1 Å². The summed E-state index contributed by atoms with van der Waals surface area (Å²) in [5.74, 6) is -0.792. The lowest BCUT2D eigenvalue weighted by atomic mass is 10.1. The maximum Gasteiger partial charge on any atom is 0.311 e. The van der Waals surface area contributed by atoms with Crippen molar-refractivity contribution in [2.75, 3.05) is 32.3 Å². The Balaban J connectivity index is 1.60. The Bertz CT molecular complexity index is 937. The lowest BCUT2D eigenvalue weighted by molar-refractivity contribution is -0.147. The Morgan fingerprint density at radius 2 is 1.80 bits per heavy atom. The molecule has 1 aliphatic rings. The molecule has 1 unspecified atom stereocenters. The molecule has 0 spiro atoms. The summed E-state index contributed by atoms with van der Waals surface area (Å²) in [6.07, 6.45) is 0.977. The fourth-order valence-electron chi connectivity index (χ4n) is 3.39. The fourth-order valence-corrected chi connectivity index (χ4v) is 3.39. The maximum atomic E-state index is 12.5. The molecule has 1 fully saturated rings. The van der Waals surface area contributed by atoms with Crippen LogP contribution in [0.15, 0.2) is 42.5 Å². The normalized spacial score (nSPS) is 15.8. The van der Waals surface area contributed by atoms with E-state index in [2.05, 4.69) is 6.92 Å². The van der Waals surface area contributed by atoms with Crippen LogP contribution in [0.1, 0.15) is 29.3 Å². The number of benzene rings is 2. The SMILES string of the molecule is CCc1ccc(N2CC(C(=O)OCC(=O)c3ccc(OC)cc3OC)CC2=O)cc1. The van der Waals surface area contributed by atoms with Crippen LogP contribution in [0.25, 0.3) is 0 Å². The number of ether oxygens (including phenoxy) is 3. The predicted molar refractivity (Wildman–Crippen MR) is 111 cm³/mol. The van der Waals surface area contributed by atoms with Crippen molar-refractivity contribution in [3.8, 4) is 11.5 Å². The number of anilines is 1. The molecule has 1 saturated heterocycles. The number of carbonyl (C=O) groups is 3. The third kappa shape index (κ3) is 4.62. The highest BCUT2D eigenvalue weighted by atomic mass is 16.5. The first-order valence-corrected chi connectivity index (χ1v) is 9.78.